The zero-order valence-electron chi connectivity index (χ0n) is 20.9. The van der Waals surface area contributed by atoms with Gasteiger partial charge in [0.15, 0.2) is 0 Å². The molecule has 0 N–H and O–H groups in total. The van der Waals surface area contributed by atoms with E-state index in [0.29, 0.717) is 33.0 Å². The van der Waals surface area contributed by atoms with Crippen LogP contribution < -0.4 is 0 Å². The molecule has 2 fully saturated rings. The summed E-state index contributed by atoms with van der Waals surface area (Å²) in [5.74, 6) is 0. The van der Waals surface area contributed by atoms with Crippen LogP contribution >= 0.6 is 46.4 Å². The minimum absolute atomic E-state index is 0.365. The zero-order chi connectivity index (χ0) is 25.7. The second-order valence-corrected chi connectivity index (χ2v) is 12.6. The predicted octanol–water partition coefficient (Wildman–Crippen LogP) is 6.88. The molecule has 0 aromatic carbocycles. The van der Waals surface area contributed by atoms with E-state index in [0.717, 1.165) is 0 Å². The van der Waals surface area contributed by atoms with Crippen molar-refractivity contribution in [2.24, 2.45) is 0 Å². The zero-order valence-corrected chi connectivity index (χ0v) is 23.9. The molecule has 0 aromatic heterocycles. The highest BCUT2D eigenvalue weighted by molar-refractivity contribution is 6.45. The van der Waals surface area contributed by atoms with Gasteiger partial charge >= 0.3 is 14.5 Å². The molecule has 0 spiro atoms. The van der Waals surface area contributed by atoms with Crippen molar-refractivity contribution in [1.29, 1.82) is 0 Å². The van der Waals surface area contributed by atoms with Gasteiger partial charge < -0.3 is 28.2 Å². The van der Waals surface area contributed by atoms with Gasteiger partial charge in [0.05, 0.1) is 22.4 Å². The van der Waals surface area contributed by atoms with Crippen LogP contribution in [0.25, 0.3) is 0 Å². The summed E-state index contributed by atoms with van der Waals surface area (Å²) in [6.45, 7) is 16.1. The maximum Gasteiger partial charge on any atom is 0.598 e. The van der Waals surface area contributed by atoms with Gasteiger partial charge in [0.2, 0.25) is 0 Å². The van der Waals surface area contributed by atoms with E-state index in [-0.39, 0.29) is 22.4 Å². The third-order valence-electron chi connectivity index (χ3n) is 6.80. The van der Waals surface area contributed by atoms with Gasteiger partial charge in [0.25, 0.3) is 0 Å². The van der Waals surface area contributed by atoms with E-state index >= 15 is 0 Å². The van der Waals surface area contributed by atoms with Gasteiger partial charge in [-0.2, -0.15) is 0 Å². The van der Waals surface area contributed by atoms with E-state index in [4.69, 9.17) is 65.0 Å². The fourth-order valence-corrected chi connectivity index (χ4v) is 4.50. The Morgan fingerprint density at radius 1 is 0.529 bits per heavy atom. The van der Waals surface area contributed by atoms with Crippen LogP contribution in [0, 0.1) is 0 Å². The van der Waals surface area contributed by atoms with Crippen LogP contribution in [0.5, 0.6) is 0 Å². The minimum atomic E-state index is -0.484. The Morgan fingerprint density at radius 3 is 0.941 bits per heavy atom. The van der Waals surface area contributed by atoms with Crippen LogP contribution in [0.4, 0.5) is 0 Å². The summed E-state index contributed by atoms with van der Waals surface area (Å²) >= 11 is 24.0. The highest BCUT2D eigenvalue weighted by atomic mass is 35.5. The third kappa shape index (κ3) is 6.15. The summed E-state index contributed by atoms with van der Waals surface area (Å²) in [5.41, 5.74) is -1.46. The van der Waals surface area contributed by atoms with Crippen LogP contribution in [0.2, 0.25) is 0 Å². The van der Waals surface area contributed by atoms with Gasteiger partial charge in [-0.15, -0.1) is 0 Å². The average molecular weight is 552 g/mol. The Labute approximate surface area is 224 Å². The monoisotopic (exact) mass is 550 g/mol. The second-order valence-electron chi connectivity index (χ2n) is 10.7. The first-order valence-electron chi connectivity index (χ1n) is 11.1. The normalized spacial score (nSPS) is 26.9. The van der Waals surface area contributed by atoms with Gasteiger partial charge in [-0.1, -0.05) is 46.4 Å². The number of hydrogen-bond donors (Lipinski definition) is 0. The van der Waals surface area contributed by atoms with Crippen LogP contribution in [0.15, 0.2) is 44.9 Å². The molecule has 0 unspecified atom stereocenters. The van der Waals surface area contributed by atoms with Crippen molar-refractivity contribution >= 4 is 60.9 Å². The van der Waals surface area contributed by atoms with Crippen LogP contribution in [0.3, 0.4) is 0 Å². The van der Waals surface area contributed by atoms with Crippen LogP contribution in [0.1, 0.15) is 68.2 Å². The molecule has 12 heteroatoms. The van der Waals surface area contributed by atoms with Crippen molar-refractivity contribution < 1.29 is 18.6 Å². The lowest BCUT2D eigenvalue weighted by Crippen LogP contribution is -2.41. The summed E-state index contributed by atoms with van der Waals surface area (Å²) in [7, 11) is -0.967. The molecule has 34 heavy (non-hydrogen) atoms. The van der Waals surface area contributed by atoms with Gasteiger partial charge in [-0.3, -0.25) is 0 Å². The first kappa shape index (κ1) is 28.3. The Bertz CT molecular complexity index is 792. The predicted molar refractivity (Wildman–Crippen MR) is 141 cm³/mol. The highest BCUT2D eigenvalue weighted by Gasteiger charge is 2.55. The van der Waals surface area contributed by atoms with E-state index in [1.54, 1.807) is 34.4 Å². The Morgan fingerprint density at radius 2 is 0.735 bits per heavy atom. The molecular weight excluding hydrogens is 520 g/mol. The van der Waals surface area contributed by atoms with Crippen molar-refractivity contribution in [3.05, 3.63) is 44.9 Å². The van der Waals surface area contributed by atoms with E-state index < -0.39 is 14.5 Å². The molecule has 188 valence electrons. The molecule has 4 aliphatic rings. The molecule has 2 saturated heterocycles. The van der Waals surface area contributed by atoms with Crippen molar-refractivity contribution in [3.63, 3.8) is 0 Å². The standard InChI is InChI=1S/2C11H16BCl2NO2/c2*1-10(2)11(3,4)17-12(16-10)15-6-8(13)5-9(14)7-15/h2*6-7H,5H2,1-4H3. The number of halogens is 4. The molecule has 0 amide bonds. The SMILES string of the molecule is CC1(C)OB(N2C=C(Cl)CC(Cl)=C2)OC1(C)C.CC1(C)OB(N2C=C(Cl)CC(Cl)=C2)OC1(C)C. The summed E-state index contributed by atoms with van der Waals surface area (Å²) in [6.07, 6.45) is 8.29. The second kappa shape index (κ2) is 9.86. The topological polar surface area (TPSA) is 43.4 Å². The lowest BCUT2D eigenvalue weighted by molar-refractivity contribution is 0.00578. The van der Waals surface area contributed by atoms with E-state index in [9.17, 15) is 0 Å². The maximum atomic E-state index is 6.01. The van der Waals surface area contributed by atoms with Gasteiger partial charge in [0, 0.05) is 57.8 Å². The molecule has 0 saturated carbocycles. The first-order chi connectivity index (χ1) is 15.4. The Kier molecular flexibility index (Phi) is 8.20. The molecule has 0 bridgehead atoms. The molecule has 4 aliphatic heterocycles. The van der Waals surface area contributed by atoms with Crippen molar-refractivity contribution in [2.45, 2.75) is 90.6 Å². The Balaban J connectivity index is 0.000000191. The van der Waals surface area contributed by atoms with E-state index in [2.05, 4.69) is 0 Å². The lowest BCUT2D eigenvalue weighted by atomic mass is 9.90. The molecule has 4 rings (SSSR count). The first-order valence-corrected chi connectivity index (χ1v) is 12.6. The number of nitrogens with zero attached hydrogens (tertiary/aromatic N) is 2. The van der Waals surface area contributed by atoms with Crippen molar-refractivity contribution in [2.75, 3.05) is 0 Å². The largest absolute Gasteiger partial charge is 0.598 e. The third-order valence-corrected chi connectivity index (χ3v) is 7.73. The molecule has 0 aliphatic carbocycles. The molecule has 4 heterocycles. The maximum absolute atomic E-state index is 6.01. The van der Waals surface area contributed by atoms with Crippen molar-refractivity contribution in [3.8, 4) is 0 Å². The number of hydrogen-bond acceptors (Lipinski definition) is 6. The van der Waals surface area contributed by atoms with Gasteiger partial charge in [-0.25, -0.2) is 0 Å². The highest BCUT2D eigenvalue weighted by Crippen LogP contribution is 2.40. The van der Waals surface area contributed by atoms with Crippen LogP contribution in [-0.2, 0) is 18.6 Å². The van der Waals surface area contributed by atoms with E-state index in [1.165, 1.54) is 0 Å². The van der Waals surface area contributed by atoms with Crippen LogP contribution in [-0.4, -0.2) is 46.5 Å². The molecule has 0 atom stereocenters. The number of allylic oxidation sites excluding steroid dienone is 4. The number of rotatable bonds is 2. The lowest BCUT2D eigenvalue weighted by Gasteiger charge is -2.32. The smallest absolute Gasteiger partial charge is 0.384 e. The summed E-state index contributed by atoms with van der Waals surface area (Å²) in [6, 6.07) is 0. The molecular formula is C22H32B2Cl4N2O4. The molecule has 0 radical (unpaired) electrons. The fraction of sp³-hybridized carbons (Fsp3) is 0.636. The molecule has 0 aromatic rings. The van der Waals surface area contributed by atoms with Gasteiger partial charge in [-0.05, 0) is 55.4 Å². The average Bonchev–Trinajstić information content (AvgIpc) is 3.00. The quantitative estimate of drug-likeness (QED) is 0.349. The molecule has 6 nitrogen and oxygen atoms in total. The fourth-order valence-electron chi connectivity index (χ4n) is 3.34. The summed E-state index contributed by atoms with van der Waals surface area (Å²) in [5, 5.41) is 2.69. The van der Waals surface area contributed by atoms with Crippen molar-refractivity contribution in [1.82, 2.24) is 9.62 Å². The minimum Gasteiger partial charge on any atom is -0.384 e. The van der Waals surface area contributed by atoms with Gasteiger partial charge in [0.1, 0.15) is 0 Å². The summed E-state index contributed by atoms with van der Waals surface area (Å²) in [4.78, 5) is 3.54. The summed E-state index contributed by atoms with van der Waals surface area (Å²) < 4.78 is 23.6. The Hall–Kier alpha value is -0.310. The van der Waals surface area contributed by atoms with E-state index in [1.807, 2.05) is 55.4 Å².